The number of methoxy groups -OCH3 is 1. The van der Waals surface area contributed by atoms with Gasteiger partial charge in [0.25, 0.3) is 0 Å². The van der Waals surface area contributed by atoms with E-state index >= 15 is 0 Å². The molecule has 0 saturated heterocycles. The molecule has 0 bridgehead atoms. The number of halogens is 2. The number of rotatable bonds is 3. The third-order valence-corrected chi connectivity index (χ3v) is 3.66. The first-order valence-corrected chi connectivity index (χ1v) is 6.65. The molecule has 0 amide bonds. The summed E-state index contributed by atoms with van der Waals surface area (Å²) in [7, 11) is 1.64. The molecule has 1 nitrogen and oxygen atoms in total. The third kappa shape index (κ3) is 3.14. The van der Waals surface area contributed by atoms with E-state index in [0.717, 1.165) is 16.9 Å². The number of ether oxygens (including phenoxy) is 1. The van der Waals surface area contributed by atoms with Crippen LogP contribution in [-0.4, -0.2) is 7.11 Å². The maximum Gasteiger partial charge on any atom is 0.118 e. The van der Waals surface area contributed by atoms with Gasteiger partial charge in [0.05, 0.1) is 12.4 Å². The second-order valence-corrected chi connectivity index (χ2v) is 5.27. The predicted octanol–water partition coefficient (Wildman–Crippen LogP) is 5.02. The maximum atomic E-state index is 5.99. The molecular weight excluding hydrogens is 287 g/mol. The summed E-state index contributed by atoms with van der Waals surface area (Å²) in [6.07, 6.45) is 0. The van der Waals surface area contributed by atoms with Crippen molar-refractivity contribution in [2.45, 2.75) is 5.25 Å². The standard InChI is InChI=1S/C14H12Cl2OS/c1-17-13-4-2-9(3-5-13)14(18)10-6-11(15)8-12(16)7-10/h2-8,14,18H,1H3. The zero-order chi connectivity index (χ0) is 13.1. The molecular formula is C14H12Cl2OS. The summed E-state index contributed by atoms with van der Waals surface area (Å²) in [6, 6.07) is 13.2. The summed E-state index contributed by atoms with van der Waals surface area (Å²) in [5.74, 6) is 0.823. The minimum absolute atomic E-state index is 0.0629. The van der Waals surface area contributed by atoms with Gasteiger partial charge in [-0.2, -0.15) is 12.6 Å². The van der Waals surface area contributed by atoms with E-state index in [-0.39, 0.29) is 5.25 Å². The van der Waals surface area contributed by atoms with Gasteiger partial charge in [-0.3, -0.25) is 0 Å². The van der Waals surface area contributed by atoms with E-state index < -0.39 is 0 Å². The molecule has 1 atom stereocenters. The summed E-state index contributed by atoms with van der Waals surface area (Å²) in [4.78, 5) is 0. The molecule has 0 radical (unpaired) electrons. The van der Waals surface area contributed by atoms with E-state index in [1.165, 1.54) is 0 Å². The van der Waals surface area contributed by atoms with Crippen LogP contribution in [0, 0.1) is 0 Å². The molecule has 0 aromatic heterocycles. The molecule has 0 heterocycles. The van der Waals surface area contributed by atoms with Crippen LogP contribution in [0.1, 0.15) is 16.4 Å². The first kappa shape index (κ1) is 13.6. The van der Waals surface area contributed by atoms with Gasteiger partial charge in [0.2, 0.25) is 0 Å². The molecule has 0 fully saturated rings. The van der Waals surface area contributed by atoms with Crippen LogP contribution in [0.5, 0.6) is 5.75 Å². The highest BCUT2D eigenvalue weighted by atomic mass is 35.5. The number of hydrogen-bond donors (Lipinski definition) is 1. The second-order valence-electron chi connectivity index (χ2n) is 3.88. The molecule has 4 heteroatoms. The molecule has 1 unspecified atom stereocenters. The Morgan fingerprint density at radius 3 is 2.00 bits per heavy atom. The molecule has 2 rings (SSSR count). The SMILES string of the molecule is COc1ccc(C(S)c2cc(Cl)cc(Cl)c2)cc1. The lowest BCUT2D eigenvalue weighted by Crippen LogP contribution is -1.94. The van der Waals surface area contributed by atoms with Crippen molar-refractivity contribution in [2.75, 3.05) is 7.11 Å². The van der Waals surface area contributed by atoms with Gasteiger partial charge in [-0.25, -0.2) is 0 Å². The fourth-order valence-corrected chi connectivity index (χ4v) is 2.58. The lowest BCUT2D eigenvalue weighted by Gasteiger charge is -2.13. The molecule has 0 N–H and O–H groups in total. The average molecular weight is 299 g/mol. The van der Waals surface area contributed by atoms with E-state index in [9.17, 15) is 0 Å². The Labute approximate surface area is 122 Å². The van der Waals surface area contributed by atoms with E-state index in [1.54, 1.807) is 13.2 Å². The van der Waals surface area contributed by atoms with Crippen LogP contribution in [0.4, 0.5) is 0 Å². The smallest absolute Gasteiger partial charge is 0.118 e. The van der Waals surface area contributed by atoms with Crippen molar-refractivity contribution in [1.29, 1.82) is 0 Å². The average Bonchev–Trinajstić information content (AvgIpc) is 2.37. The summed E-state index contributed by atoms with van der Waals surface area (Å²) >= 11 is 16.6. The zero-order valence-corrected chi connectivity index (χ0v) is 12.1. The van der Waals surface area contributed by atoms with E-state index in [4.69, 9.17) is 27.9 Å². The first-order valence-electron chi connectivity index (χ1n) is 5.38. The molecule has 0 aliphatic rings. The van der Waals surface area contributed by atoms with Crippen LogP contribution in [0.25, 0.3) is 0 Å². The summed E-state index contributed by atoms with van der Waals surface area (Å²) < 4.78 is 5.13. The Morgan fingerprint density at radius 2 is 1.50 bits per heavy atom. The molecule has 18 heavy (non-hydrogen) atoms. The fourth-order valence-electron chi connectivity index (χ4n) is 1.71. The number of thiol groups is 1. The van der Waals surface area contributed by atoms with Crippen LogP contribution in [-0.2, 0) is 0 Å². The zero-order valence-electron chi connectivity index (χ0n) is 9.73. The van der Waals surface area contributed by atoms with Crippen LogP contribution in [0.15, 0.2) is 42.5 Å². The van der Waals surface area contributed by atoms with Gasteiger partial charge in [0.15, 0.2) is 0 Å². The van der Waals surface area contributed by atoms with E-state index in [2.05, 4.69) is 12.6 Å². The van der Waals surface area contributed by atoms with Crippen LogP contribution in [0.2, 0.25) is 10.0 Å². The Balaban J connectivity index is 2.31. The van der Waals surface area contributed by atoms with Crippen molar-refractivity contribution >= 4 is 35.8 Å². The van der Waals surface area contributed by atoms with Crippen molar-refractivity contribution in [1.82, 2.24) is 0 Å². The monoisotopic (exact) mass is 298 g/mol. The molecule has 2 aromatic carbocycles. The molecule has 0 spiro atoms. The normalized spacial score (nSPS) is 12.2. The van der Waals surface area contributed by atoms with Crippen molar-refractivity contribution in [2.24, 2.45) is 0 Å². The van der Waals surface area contributed by atoms with Gasteiger partial charge < -0.3 is 4.74 Å². The number of hydrogen-bond acceptors (Lipinski definition) is 2. The minimum atomic E-state index is -0.0629. The van der Waals surface area contributed by atoms with E-state index in [1.807, 2.05) is 36.4 Å². The third-order valence-electron chi connectivity index (χ3n) is 2.63. The van der Waals surface area contributed by atoms with Crippen molar-refractivity contribution in [3.05, 3.63) is 63.6 Å². The number of benzene rings is 2. The maximum absolute atomic E-state index is 5.99. The summed E-state index contributed by atoms with van der Waals surface area (Å²) in [5, 5.41) is 1.17. The van der Waals surface area contributed by atoms with Gasteiger partial charge in [0.1, 0.15) is 5.75 Å². The van der Waals surface area contributed by atoms with Gasteiger partial charge in [-0.15, -0.1) is 0 Å². The predicted molar refractivity (Wildman–Crippen MR) is 80.3 cm³/mol. The van der Waals surface area contributed by atoms with E-state index in [0.29, 0.717) is 10.0 Å². The lowest BCUT2D eigenvalue weighted by molar-refractivity contribution is 0.414. The highest BCUT2D eigenvalue weighted by Gasteiger charge is 2.11. The van der Waals surface area contributed by atoms with Crippen LogP contribution in [0.3, 0.4) is 0 Å². The van der Waals surface area contributed by atoms with Gasteiger partial charge in [-0.05, 0) is 41.5 Å². The van der Waals surface area contributed by atoms with Crippen molar-refractivity contribution < 1.29 is 4.74 Å². The second kappa shape index (κ2) is 5.87. The quantitative estimate of drug-likeness (QED) is 0.783. The molecule has 0 aliphatic heterocycles. The Kier molecular flexibility index (Phi) is 4.44. The lowest BCUT2D eigenvalue weighted by atomic mass is 10.0. The summed E-state index contributed by atoms with van der Waals surface area (Å²) in [5.41, 5.74) is 2.04. The Morgan fingerprint density at radius 1 is 0.944 bits per heavy atom. The Bertz CT molecular complexity index is 520. The minimum Gasteiger partial charge on any atom is -0.497 e. The fraction of sp³-hybridized carbons (Fsp3) is 0.143. The molecule has 94 valence electrons. The molecule has 0 aliphatic carbocycles. The van der Waals surface area contributed by atoms with Crippen molar-refractivity contribution in [3.8, 4) is 5.75 Å². The largest absolute Gasteiger partial charge is 0.497 e. The highest BCUT2D eigenvalue weighted by molar-refractivity contribution is 7.80. The highest BCUT2D eigenvalue weighted by Crippen LogP contribution is 2.32. The topological polar surface area (TPSA) is 9.23 Å². The van der Waals surface area contributed by atoms with Crippen molar-refractivity contribution in [3.63, 3.8) is 0 Å². The van der Waals surface area contributed by atoms with Gasteiger partial charge >= 0.3 is 0 Å². The summed E-state index contributed by atoms with van der Waals surface area (Å²) in [6.45, 7) is 0. The van der Waals surface area contributed by atoms with Crippen LogP contribution < -0.4 is 4.74 Å². The Hall–Kier alpha value is -0.830. The first-order chi connectivity index (χ1) is 8.60. The van der Waals surface area contributed by atoms with Crippen LogP contribution >= 0.6 is 35.8 Å². The van der Waals surface area contributed by atoms with Gasteiger partial charge in [-0.1, -0.05) is 35.3 Å². The van der Waals surface area contributed by atoms with Gasteiger partial charge in [0, 0.05) is 10.0 Å². The molecule has 2 aromatic rings. The molecule has 0 saturated carbocycles.